The van der Waals surface area contributed by atoms with Gasteiger partial charge in [0, 0.05) is 27.2 Å². The molecule has 0 spiro atoms. The quantitative estimate of drug-likeness (QED) is 0.302. The number of benzene rings is 1. The average molecular weight is 429 g/mol. The number of guanidine groups is 1. The van der Waals surface area contributed by atoms with Gasteiger partial charge in [0.25, 0.3) is 0 Å². The van der Waals surface area contributed by atoms with Crippen molar-refractivity contribution < 1.29 is 17.9 Å². The lowest BCUT2D eigenvalue weighted by molar-refractivity contribution is 0.287. The summed E-state index contributed by atoms with van der Waals surface area (Å²) in [6.07, 6.45) is 0.683. The second-order valence-corrected chi connectivity index (χ2v) is 8.88. The lowest BCUT2D eigenvalue weighted by Crippen LogP contribution is -2.40. The molecule has 8 nitrogen and oxygen atoms in total. The van der Waals surface area contributed by atoms with Crippen molar-refractivity contribution >= 4 is 16.0 Å². The van der Waals surface area contributed by atoms with Crippen molar-refractivity contribution in [1.82, 2.24) is 14.9 Å². The van der Waals surface area contributed by atoms with Crippen LogP contribution in [0.2, 0.25) is 0 Å². The molecule has 1 aromatic rings. The summed E-state index contributed by atoms with van der Waals surface area (Å²) in [6.45, 7) is 9.80. The molecule has 0 radical (unpaired) electrons. The van der Waals surface area contributed by atoms with Gasteiger partial charge in [0.2, 0.25) is 10.0 Å². The molecule has 0 heterocycles. The Morgan fingerprint density at radius 3 is 2.41 bits per heavy atom. The van der Waals surface area contributed by atoms with Crippen LogP contribution in [-0.2, 0) is 10.0 Å². The molecular weight excluding hydrogens is 392 g/mol. The lowest BCUT2D eigenvalue weighted by Gasteiger charge is -2.20. The third-order valence-electron chi connectivity index (χ3n) is 4.43. The molecule has 1 aromatic carbocycles. The first-order valence-corrected chi connectivity index (χ1v) is 11.7. The lowest BCUT2D eigenvalue weighted by atomic mass is 10.1. The van der Waals surface area contributed by atoms with Gasteiger partial charge in [-0.2, -0.15) is 0 Å². The molecule has 0 saturated heterocycles. The first-order valence-electron chi connectivity index (χ1n) is 10.1. The number of sulfonamides is 1. The van der Waals surface area contributed by atoms with Gasteiger partial charge >= 0.3 is 0 Å². The maximum absolute atomic E-state index is 11.8. The molecule has 0 fully saturated rings. The summed E-state index contributed by atoms with van der Waals surface area (Å²) in [6, 6.07) is 5.90. The number of nitrogens with zero attached hydrogens (tertiary/aromatic N) is 2. The Kier molecular flexibility index (Phi) is 10.8. The summed E-state index contributed by atoms with van der Waals surface area (Å²) >= 11 is 0. The molecule has 0 aliphatic rings. The molecule has 166 valence electrons. The maximum atomic E-state index is 11.8. The van der Waals surface area contributed by atoms with Gasteiger partial charge < -0.3 is 20.1 Å². The fourth-order valence-corrected chi connectivity index (χ4v) is 3.54. The van der Waals surface area contributed by atoms with E-state index in [1.807, 2.05) is 39.0 Å². The highest BCUT2D eigenvalue weighted by atomic mass is 32.2. The Bertz CT molecular complexity index is 753. The first-order chi connectivity index (χ1) is 13.8. The van der Waals surface area contributed by atoms with Gasteiger partial charge in [-0.15, -0.1) is 0 Å². The van der Waals surface area contributed by atoms with E-state index >= 15 is 0 Å². The summed E-state index contributed by atoms with van der Waals surface area (Å²) in [5.74, 6) is 2.23. The van der Waals surface area contributed by atoms with Gasteiger partial charge in [-0.25, -0.2) is 12.7 Å². The summed E-state index contributed by atoms with van der Waals surface area (Å²) in [4.78, 5) is 4.25. The van der Waals surface area contributed by atoms with E-state index in [0.29, 0.717) is 38.7 Å². The predicted octanol–water partition coefficient (Wildman–Crippen LogP) is 2.38. The molecule has 1 unspecified atom stereocenters. The molecular formula is C20H36N4O4S. The van der Waals surface area contributed by atoms with Crippen LogP contribution in [0.1, 0.15) is 45.7 Å². The minimum Gasteiger partial charge on any atom is -0.490 e. The first kappa shape index (κ1) is 25.0. The topological polar surface area (TPSA) is 92.3 Å². The smallest absolute Gasteiger partial charge is 0.213 e. The van der Waals surface area contributed by atoms with Crippen LogP contribution in [0.5, 0.6) is 11.5 Å². The molecule has 0 aliphatic heterocycles. The fourth-order valence-electron chi connectivity index (χ4n) is 2.69. The van der Waals surface area contributed by atoms with Gasteiger partial charge in [-0.3, -0.25) is 4.99 Å². The molecule has 0 saturated carbocycles. The highest BCUT2D eigenvalue weighted by molar-refractivity contribution is 7.89. The van der Waals surface area contributed by atoms with Crippen molar-refractivity contribution in [2.45, 2.75) is 40.2 Å². The van der Waals surface area contributed by atoms with Crippen LogP contribution in [0, 0.1) is 0 Å². The zero-order valence-electron chi connectivity index (χ0n) is 18.5. The number of rotatable bonds is 12. The van der Waals surface area contributed by atoms with Crippen LogP contribution >= 0.6 is 0 Å². The second-order valence-electron chi connectivity index (χ2n) is 6.51. The minimum atomic E-state index is -3.14. The standard InChI is InChI=1S/C20H36N4O4S/c1-7-27-18-12-11-17(15-19(18)28-8-2)16(4)23-20(21-5)22-13-10-14-24(6)29(25,26)9-3/h11-12,15-16H,7-10,13-14H2,1-6H3,(H2,21,22,23). The van der Waals surface area contributed by atoms with E-state index in [9.17, 15) is 8.42 Å². The molecule has 0 aromatic heterocycles. The molecule has 0 aliphatic carbocycles. The van der Waals surface area contributed by atoms with Crippen LogP contribution < -0.4 is 20.1 Å². The summed E-state index contributed by atoms with van der Waals surface area (Å²) < 4.78 is 36.3. The molecule has 29 heavy (non-hydrogen) atoms. The summed E-state index contributed by atoms with van der Waals surface area (Å²) in [7, 11) is 0.176. The molecule has 2 N–H and O–H groups in total. The van der Waals surface area contributed by atoms with Gasteiger partial charge in [0.15, 0.2) is 17.5 Å². The number of aliphatic imine (C=N–C) groups is 1. The van der Waals surface area contributed by atoms with Crippen molar-refractivity contribution in [1.29, 1.82) is 0 Å². The average Bonchev–Trinajstić information content (AvgIpc) is 2.71. The van der Waals surface area contributed by atoms with Crippen molar-refractivity contribution in [3.63, 3.8) is 0 Å². The van der Waals surface area contributed by atoms with E-state index in [0.717, 1.165) is 17.1 Å². The van der Waals surface area contributed by atoms with Crippen molar-refractivity contribution in [2.24, 2.45) is 4.99 Å². The number of hydrogen-bond acceptors (Lipinski definition) is 5. The van der Waals surface area contributed by atoms with E-state index in [-0.39, 0.29) is 11.8 Å². The Morgan fingerprint density at radius 2 is 1.83 bits per heavy atom. The summed E-state index contributed by atoms with van der Waals surface area (Å²) in [5, 5.41) is 6.57. The number of ether oxygens (including phenoxy) is 2. The van der Waals surface area contributed by atoms with Crippen molar-refractivity contribution in [3.05, 3.63) is 23.8 Å². The Balaban J connectivity index is 2.62. The highest BCUT2D eigenvalue weighted by Crippen LogP contribution is 2.30. The Labute approximate surface area is 175 Å². The largest absolute Gasteiger partial charge is 0.490 e. The molecule has 1 rings (SSSR count). The van der Waals surface area contributed by atoms with Crippen LogP contribution in [0.3, 0.4) is 0 Å². The zero-order chi connectivity index (χ0) is 21.9. The molecule has 1 atom stereocenters. The van der Waals surface area contributed by atoms with Crippen LogP contribution in [0.25, 0.3) is 0 Å². The SMILES string of the molecule is CCOc1ccc(C(C)NC(=NC)NCCCN(C)S(=O)(=O)CC)cc1OCC. The fraction of sp³-hybridized carbons (Fsp3) is 0.650. The number of nitrogens with one attached hydrogen (secondary N) is 2. The number of hydrogen-bond donors (Lipinski definition) is 2. The van der Waals surface area contributed by atoms with Crippen LogP contribution in [-0.4, -0.2) is 64.8 Å². The van der Waals surface area contributed by atoms with Gasteiger partial charge in [-0.05, 0) is 51.8 Å². The predicted molar refractivity (Wildman–Crippen MR) is 118 cm³/mol. The van der Waals surface area contributed by atoms with E-state index in [4.69, 9.17) is 9.47 Å². The Hall–Kier alpha value is -2.00. The van der Waals surface area contributed by atoms with E-state index in [1.54, 1.807) is 21.0 Å². The van der Waals surface area contributed by atoms with E-state index in [1.165, 1.54) is 4.31 Å². The van der Waals surface area contributed by atoms with Gasteiger partial charge in [0.1, 0.15) is 0 Å². The van der Waals surface area contributed by atoms with E-state index < -0.39 is 10.0 Å². The highest BCUT2D eigenvalue weighted by Gasteiger charge is 2.15. The normalized spacial score (nSPS) is 13.3. The van der Waals surface area contributed by atoms with Crippen LogP contribution in [0.4, 0.5) is 0 Å². The van der Waals surface area contributed by atoms with Crippen molar-refractivity contribution in [3.8, 4) is 11.5 Å². The monoisotopic (exact) mass is 428 g/mol. The molecule has 0 bridgehead atoms. The molecule has 9 heteroatoms. The van der Waals surface area contributed by atoms with Crippen molar-refractivity contribution in [2.75, 3.05) is 46.2 Å². The molecule has 0 amide bonds. The third-order valence-corrected chi connectivity index (χ3v) is 6.29. The second kappa shape index (κ2) is 12.5. The van der Waals surface area contributed by atoms with E-state index in [2.05, 4.69) is 15.6 Å². The van der Waals surface area contributed by atoms with Crippen LogP contribution in [0.15, 0.2) is 23.2 Å². The summed E-state index contributed by atoms with van der Waals surface area (Å²) in [5.41, 5.74) is 1.05. The Morgan fingerprint density at radius 1 is 1.17 bits per heavy atom. The van der Waals surface area contributed by atoms with Gasteiger partial charge in [-0.1, -0.05) is 6.07 Å². The third kappa shape index (κ3) is 8.10. The van der Waals surface area contributed by atoms with Gasteiger partial charge in [0.05, 0.1) is 25.0 Å². The maximum Gasteiger partial charge on any atom is 0.213 e. The zero-order valence-corrected chi connectivity index (χ0v) is 19.3. The minimum absolute atomic E-state index is 0.000717.